The van der Waals surface area contributed by atoms with Gasteiger partial charge in [0.25, 0.3) is 0 Å². The lowest BCUT2D eigenvalue weighted by atomic mass is 10.0. The van der Waals surface area contributed by atoms with E-state index in [0.29, 0.717) is 6.54 Å². The summed E-state index contributed by atoms with van der Waals surface area (Å²) in [7, 11) is 0. The van der Waals surface area contributed by atoms with Crippen molar-refractivity contribution < 1.29 is 0 Å². The Morgan fingerprint density at radius 1 is 1.00 bits per heavy atom. The van der Waals surface area contributed by atoms with E-state index in [0.717, 1.165) is 13.0 Å². The number of hydrogen-bond acceptors (Lipinski definition) is 2. The van der Waals surface area contributed by atoms with Crippen molar-refractivity contribution in [2.75, 3.05) is 13.1 Å². The van der Waals surface area contributed by atoms with Gasteiger partial charge in [-0.05, 0) is 29.7 Å². The van der Waals surface area contributed by atoms with Gasteiger partial charge in [0.15, 0.2) is 0 Å². The molecule has 2 heteroatoms. The smallest absolute Gasteiger partial charge is 0.0444 e. The van der Waals surface area contributed by atoms with Crippen LogP contribution in [0.3, 0.4) is 0 Å². The molecule has 2 rings (SSSR count). The first-order valence-electron chi connectivity index (χ1n) is 7.05. The van der Waals surface area contributed by atoms with Crippen molar-refractivity contribution in [2.24, 2.45) is 5.73 Å². The second-order valence-corrected chi connectivity index (χ2v) is 4.81. The molecule has 1 atom stereocenters. The number of rotatable bonds is 7. The molecule has 104 valence electrons. The van der Waals surface area contributed by atoms with Crippen molar-refractivity contribution in [1.29, 1.82) is 0 Å². The molecule has 0 saturated carbocycles. The standard InChI is InChI=1S/C18H22N2/c1-2-3-13-20-18(14-19)17-11-9-16(10-12-17)15-7-5-4-6-8-15/h2,4-12,18,20H,1,3,13-14,19H2. The van der Waals surface area contributed by atoms with Crippen LogP contribution in [0, 0.1) is 0 Å². The van der Waals surface area contributed by atoms with Crippen LogP contribution >= 0.6 is 0 Å². The van der Waals surface area contributed by atoms with Crippen molar-refractivity contribution in [3.8, 4) is 11.1 Å². The summed E-state index contributed by atoms with van der Waals surface area (Å²) in [5.74, 6) is 0. The fourth-order valence-electron chi connectivity index (χ4n) is 2.24. The minimum Gasteiger partial charge on any atom is -0.329 e. The molecule has 0 radical (unpaired) electrons. The minimum atomic E-state index is 0.208. The summed E-state index contributed by atoms with van der Waals surface area (Å²) in [6, 6.07) is 19.2. The van der Waals surface area contributed by atoms with Gasteiger partial charge < -0.3 is 11.1 Å². The Bertz CT molecular complexity index is 517. The normalized spacial score (nSPS) is 12.1. The molecule has 0 aliphatic rings. The Kier molecular flexibility index (Phi) is 5.54. The maximum Gasteiger partial charge on any atom is 0.0444 e. The topological polar surface area (TPSA) is 38.0 Å². The quantitative estimate of drug-likeness (QED) is 0.594. The molecule has 1 unspecified atom stereocenters. The largest absolute Gasteiger partial charge is 0.329 e. The Balaban J connectivity index is 2.08. The van der Waals surface area contributed by atoms with E-state index in [-0.39, 0.29) is 6.04 Å². The zero-order valence-electron chi connectivity index (χ0n) is 11.8. The molecule has 2 nitrogen and oxygen atoms in total. The molecular formula is C18H22N2. The highest BCUT2D eigenvalue weighted by Crippen LogP contribution is 2.21. The van der Waals surface area contributed by atoms with E-state index >= 15 is 0 Å². The van der Waals surface area contributed by atoms with E-state index in [1.807, 2.05) is 12.1 Å². The van der Waals surface area contributed by atoms with Gasteiger partial charge in [-0.3, -0.25) is 0 Å². The highest BCUT2D eigenvalue weighted by atomic mass is 14.9. The first-order valence-corrected chi connectivity index (χ1v) is 7.05. The van der Waals surface area contributed by atoms with Gasteiger partial charge >= 0.3 is 0 Å². The summed E-state index contributed by atoms with van der Waals surface area (Å²) in [5.41, 5.74) is 9.55. The Labute approximate surface area is 121 Å². The molecule has 0 spiro atoms. The van der Waals surface area contributed by atoms with Gasteiger partial charge in [0.2, 0.25) is 0 Å². The molecule has 0 bridgehead atoms. The molecule has 20 heavy (non-hydrogen) atoms. The summed E-state index contributed by atoms with van der Waals surface area (Å²) in [6.45, 7) is 5.24. The van der Waals surface area contributed by atoms with E-state index in [2.05, 4.69) is 60.4 Å². The van der Waals surface area contributed by atoms with Gasteiger partial charge in [0.1, 0.15) is 0 Å². The SMILES string of the molecule is C=CCCNC(CN)c1ccc(-c2ccccc2)cc1. The first kappa shape index (κ1) is 14.5. The maximum atomic E-state index is 5.85. The van der Waals surface area contributed by atoms with Crippen LogP contribution in [0.5, 0.6) is 0 Å². The summed E-state index contributed by atoms with van der Waals surface area (Å²) >= 11 is 0. The van der Waals surface area contributed by atoms with Gasteiger partial charge in [-0.25, -0.2) is 0 Å². The molecule has 0 saturated heterocycles. The van der Waals surface area contributed by atoms with Crippen molar-refractivity contribution in [1.82, 2.24) is 5.32 Å². The molecule has 0 fully saturated rings. The van der Waals surface area contributed by atoms with E-state index < -0.39 is 0 Å². The molecule has 2 aromatic carbocycles. The van der Waals surface area contributed by atoms with Crippen LogP contribution in [-0.2, 0) is 0 Å². The highest BCUT2D eigenvalue weighted by Gasteiger charge is 2.08. The zero-order chi connectivity index (χ0) is 14.2. The lowest BCUT2D eigenvalue weighted by molar-refractivity contribution is 0.548. The van der Waals surface area contributed by atoms with Crippen LogP contribution in [0.25, 0.3) is 11.1 Å². The van der Waals surface area contributed by atoms with Crippen LogP contribution in [0.1, 0.15) is 18.0 Å². The minimum absolute atomic E-state index is 0.208. The summed E-state index contributed by atoms with van der Waals surface area (Å²) in [4.78, 5) is 0. The summed E-state index contributed by atoms with van der Waals surface area (Å²) in [6.07, 6.45) is 2.87. The third-order valence-corrected chi connectivity index (χ3v) is 3.40. The molecule has 0 aliphatic carbocycles. The van der Waals surface area contributed by atoms with Gasteiger partial charge in [-0.1, -0.05) is 60.7 Å². The van der Waals surface area contributed by atoms with E-state index in [1.54, 1.807) is 0 Å². The average molecular weight is 266 g/mol. The van der Waals surface area contributed by atoms with Gasteiger partial charge in [-0.2, -0.15) is 0 Å². The fraction of sp³-hybridized carbons (Fsp3) is 0.222. The Hall–Kier alpha value is -1.90. The molecule has 2 aromatic rings. The predicted octanol–water partition coefficient (Wildman–Crippen LogP) is 3.52. The van der Waals surface area contributed by atoms with Crippen molar-refractivity contribution >= 4 is 0 Å². The fourth-order valence-corrected chi connectivity index (χ4v) is 2.24. The van der Waals surface area contributed by atoms with Crippen LogP contribution in [0.4, 0.5) is 0 Å². The Morgan fingerprint density at radius 3 is 2.25 bits per heavy atom. The van der Waals surface area contributed by atoms with E-state index in [9.17, 15) is 0 Å². The zero-order valence-corrected chi connectivity index (χ0v) is 11.8. The second kappa shape index (κ2) is 7.63. The predicted molar refractivity (Wildman–Crippen MR) is 86.5 cm³/mol. The molecule has 3 N–H and O–H groups in total. The van der Waals surface area contributed by atoms with Crippen molar-refractivity contribution in [3.63, 3.8) is 0 Å². The molecule has 0 aromatic heterocycles. The van der Waals surface area contributed by atoms with Crippen LogP contribution in [0.15, 0.2) is 67.3 Å². The number of hydrogen-bond donors (Lipinski definition) is 2. The summed E-state index contributed by atoms with van der Waals surface area (Å²) in [5, 5.41) is 3.45. The number of benzene rings is 2. The monoisotopic (exact) mass is 266 g/mol. The maximum absolute atomic E-state index is 5.85. The van der Waals surface area contributed by atoms with E-state index in [1.165, 1.54) is 16.7 Å². The van der Waals surface area contributed by atoms with Crippen molar-refractivity contribution in [2.45, 2.75) is 12.5 Å². The number of nitrogens with two attached hydrogens (primary N) is 1. The van der Waals surface area contributed by atoms with E-state index in [4.69, 9.17) is 5.73 Å². The van der Waals surface area contributed by atoms with Crippen LogP contribution in [-0.4, -0.2) is 13.1 Å². The molecule has 0 heterocycles. The highest BCUT2D eigenvalue weighted by molar-refractivity contribution is 5.63. The molecular weight excluding hydrogens is 244 g/mol. The van der Waals surface area contributed by atoms with Crippen molar-refractivity contribution in [3.05, 3.63) is 72.8 Å². The third-order valence-electron chi connectivity index (χ3n) is 3.40. The van der Waals surface area contributed by atoms with Gasteiger partial charge in [-0.15, -0.1) is 6.58 Å². The lowest BCUT2D eigenvalue weighted by Gasteiger charge is -2.17. The Morgan fingerprint density at radius 2 is 1.65 bits per heavy atom. The van der Waals surface area contributed by atoms with Gasteiger partial charge in [0, 0.05) is 12.6 Å². The second-order valence-electron chi connectivity index (χ2n) is 4.81. The average Bonchev–Trinajstić information content (AvgIpc) is 2.53. The van der Waals surface area contributed by atoms with Gasteiger partial charge in [0.05, 0.1) is 0 Å². The third kappa shape index (κ3) is 3.80. The molecule has 0 aliphatic heterocycles. The number of nitrogens with one attached hydrogen (secondary N) is 1. The first-order chi connectivity index (χ1) is 9.85. The molecule has 0 amide bonds. The summed E-state index contributed by atoms with van der Waals surface area (Å²) < 4.78 is 0. The van der Waals surface area contributed by atoms with Crippen LogP contribution in [0.2, 0.25) is 0 Å². The lowest BCUT2D eigenvalue weighted by Crippen LogP contribution is -2.28. The van der Waals surface area contributed by atoms with Crippen LogP contribution < -0.4 is 11.1 Å².